The number of aromatic nitrogens is 1. The summed E-state index contributed by atoms with van der Waals surface area (Å²) in [4.78, 5) is 15.3. The van der Waals surface area contributed by atoms with Crippen molar-refractivity contribution < 1.29 is 18.4 Å². The number of carbonyl (C=O) groups excluding carboxylic acids is 1. The van der Waals surface area contributed by atoms with Crippen LogP contribution >= 0.6 is 22.6 Å². The largest absolute Gasteiger partial charge is 0.444 e. The molecule has 2 aliphatic heterocycles. The molecule has 8 nitrogen and oxygen atoms in total. The summed E-state index contributed by atoms with van der Waals surface area (Å²) in [5.41, 5.74) is 4.53. The van der Waals surface area contributed by atoms with Crippen LogP contribution in [0.25, 0.3) is 0 Å². The van der Waals surface area contributed by atoms with E-state index in [1.165, 1.54) is 21.7 Å². The van der Waals surface area contributed by atoms with Crippen LogP contribution in [0, 0.1) is 5.82 Å². The third kappa shape index (κ3) is 5.58. The third-order valence-electron chi connectivity index (χ3n) is 4.39. The van der Waals surface area contributed by atoms with E-state index in [1.54, 1.807) is 29.4 Å². The summed E-state index contributed by atoms with van der Waals surface area (Å²) in [6, 6.07) is 6.50. The van der Waals surface area contributed by atoms with Gasteiger partial charge in [-0.3, -0.25) is 4.90 Å². The molecule has 1 N–H and O–H groups in total. The fraction of sp³-hybridized carbons (Fsp3) is 0.421. The Morgan fingerprint density at radius 1 is 1.38 bits per heavy atom. The smallest absolute Gasteiger partial charge is 0.414 e. The Kier molecular flexibility index (Phi) is 7.67. The Hall–Kier alpha value is -2.37. The number of alkyl halides is 1. The number of nitrogens with zero attached hydrogens (tertiary/aromatic N) is 4. The zero-order valence-corrected chi connectivity index (χ0v) is 18.2. The van der Waals surface area contributed by atoms with E-state index in [0.717, 1.165) is 5.69 Å². The Bertz CT molecular complexity index is 833. The summed E-state index contributed by atoms with van der Waals surface area (Å²) < 4.78 is 25.9. The molecule has 0 unspecified atom stereocenters. The number of hydrazone groups is 1. The van der Waals surface area contributed by atoms with Crippen molar-refractivity contribution in [3.63, 3.8) is 0 Å². The minimum absolute atomic E-state index is 0.262. The molecule has 2 aromatic rings. The topological polar surface area (TPSA) is 83.2 Å². The van der Waals surface area contributed by atoms with E-state index < -0.39 is 11.9 Å². The summed E-state index contributed by atoms with van der Waals surface area (Å²) in [5, 5.41) is 7.77. The first-order chi connectivity index (χ1) is 14.1. The molecule has 1 saturated heterocycles. The van der Waals surface area contributed by atoms with Gasteiger partial charge < -0.3 is 19.6 Å². The molecule has 3 heterocycles. The quantitative estimate of drug-likeness (QED) is 0.485. The van der Waals surface area contributed by atoms with Gasteiger partial charge in [0.25, 0.3) is 0 Å². The van der Waals surface area contributed by atoms with Gasteiger partial charge in [0.15, 0.2) is 0 Å². The van der Waals surface area contributed by atoms with Crippen LogP contribution < -0.4 is 15.2 Å². The van der Waals surface area contributed by atoms with E-state index in [4.69, 9.17) is 9.26 Å². The van der Waals surface area contributed by atoms with E-state index in [0.29, 0.717) is 43.9 Å². The van der Waals surface area contributed by atoms with Crippen LogP contribution in [0.15, 0.2) is 40.2 Å². The number of amides is 1. The van der Waals surface area contributed by atoms with Gasteiger partial charge in [0.1, 0.15) is 24.5 Å². The standard InChI is InChI=1S/C17H18FN5O3.C2H5I/c18-15-9-13(2-4-16(15)22-7-6-19-20-11-22)23-10-14(26-17(23)24)3-1-12-5-8-25-21-12;1-2-3/h2,4-5,8-9,11,14,19H,1,3,6-7,10H2;2H2,1H3/t14-;/m0./s1. The van der Waals surface area contributed by atoms with Crippen molar-refractivity contribution in [3.8, 4) is 0 Å². The maximum Gasteiger partial charge on any atom is 0.414 e. The monoisotopic (exact) mass is 515 g/mol. The lowest BCUT2D eigenvalue weighted by Crippen LogP contribution is -2.35. The van der Waals surface area contributed by atoms with E-state index in [1.807, 2.05) is 0 Å². The van der Waals surface area contributed by atoms with E-state index in [-0.39, 0.29) is 6.10 Å². The first-order valence-electron chi connectivity index (χ1n) is 9.38. The minimum Gasteiger partial charge on any atom is -0.444 e. The summed E-state index contributed by atoms with van der Waals surface area (Å²) in [5.74, 6) is -0.408. The number of cyclic esters (lactones) is 1. The van der Waals surface area contributed by atoms with Gasteiger partial charge in [0.05, 0.1) is 30.2 Å². The highest BCUT2D eigenvalue weighted by Crippen LogP contribution is 2.28. The van der Waals surface area contributed by atoms with Crippen molar-refractivity contribution in [2.75, 3.05) is 33.9 Å². The predicted molar refractivity (Wildman–Crippen MR) is 117 cm³/mol. The van der Waals surface area contributed by atoms with E-state index in [9.17, 15) is 9.18 Å². The average molecular weight is 515 g/mol. The number of aryl methyl sites for hydroxylation is 1. The van der Waals surface area contributed by atoms with Crippen molar-refractivity contribution in [2.45, 2.75) is 25.9 Å². The lowest BCUT2D eigenvalue weighted by Gasteiger charge is -2.24. The highest BCUT2D eigenvalue weighted by atomic mass is 127. The second-order valence-electron chi connectivity index (χ2n) is 6.39. The molecular weight excluding hydrogens is 492 g/mol. The second kappa shape index (κ2) is 10.4. The molecule has 29 heavy (non-hydrogen) atoms. The summed E-state index contributed by atoms with van der Waals surface area (Å²) in [6.45, 7) is 3.75. The summed E-state index contributed by atoms with van der Waals surface area (Å²) in [7, 11) is 0. The van der Waals surface area contributed by atoms with Crippen molar-refractivity contribution in [3.05, 3.63) is 42.0 Å². The van der Waals surface area contributed by atoms with Crippen LogP contribution in [0.4, 0.5) is 20.6 Å². The maximum absolute atomic E-state index is 14.5. The molecule has 10 heteroatoms. The normalized spacial score (nSPS) is 18.2. The van der Waals surface area contributed by atoms with Gasteiger partial charge in [-0.2, -0.15) is 5.10 Å². The Morgan fingerprint density at radius 3 is 2.86 bits per heavy atom. The average Bonchev–Trinajstić information content (AvgIpc) is 3.37. The molecule has 156 valence electrons. The minimum atomic E-state index is -0.467. The van der Waals surface area contributed by atoms with Crippen molar-refractivity contribution in [2.24, 2.45) is 5.10 Å². The number of nitrogens with one attached hydrogen (secondary N) is 1. The van der Waals surface area contributed by atoms with Gasteiger partial charge >= 0.3 is 6.09 Å². The van der Waals surface area contributed by atoms with Gasteiger partial charge in [0.2, 0.25) is 0 Å². The number of rotatable bonds is 5. The SMILES string of the molecule is CCI.O=C1O[C@@H](CCc2ccon2)CN1c1ccc(N2C=NNCC2)c(F)c1. The summed E-state index contributed by atoms with van der Waals surface area (Å²) in [6.07, 6.45) is 3.61. The van der Waals surface area contributed by atoms with Crippen LogP contribution in [-0.4, -0.2) is 47.8 Å². The van der Waals surface area contributed by atoms with Gasteiger partial charge in [0, 0.05) is 12.6 Å². The number of anilines is 2. The second-order valence-corrected chi connectivity index (χ2v) is 7.92. The number of carbonyl (C=O) groups is 1. The highest BCUT2D eigenvalue weighted by Gasteiger charge is 2.32. The maximum atomic E-state index is 14.5. The molecule has 0 bridgehead atoms. The van der Waals surface area contributed by atoms with Crippen molar-refractivity contribution >= 4 is 46.4 Å². The molecule has 1 amide bonds. The van der Waals surface area contributed by atoms with Crippen molar-refractivity contribution in [1.82, 2.24) is 10.6 Å². The molecule has 1 atom stereocenters. The molecule has 1 aromatic carbocycles. The molecule has 2 aliphatic rings. The van der Waals surface area contributed by atoms with Crippen LogP contribution in [0.2, 0.25) is 0 Å². The van der Waals surface area contributed by atoms with E-state index >= 15 is 0 Å². The summed E-state index contributed by atoms with van der Waals surface area (Å²) >= 11 is 2.29. The molecule has 0 radical (unpaired) electrons. The van der Waals surface area contributed by atoms with Gasteiger partial charge in [-0.1, -0.05) is 34.7 Å². The number of ether oxygens (including phenoxy) is 1. The van der Waals surface area contributed by atoms with Gasteiger partial charge in [-0.25, -0.2) is 9.18 Å². The van der Waals surface area contributed by atoms with E-state index in [2.05, 4.69) is 45.2 Å². The number of benzene rings is 1. The molecule has 1 fully saturated rings. The Balaban J connectivity index is 0.000000755. The number of halogens is 2. The Morgan fingerprint density at radius 2 is 2.21 bits per heavy atom. The molecule has 1 aromatic heterocycles. The lowest BCUT2D eigenvalue weighted by molar-refractivity contribution is 0.136. The Labute approximate surface area is 182 Å². The molecule has 0 aliphatic carbocycles. The zero-order chi connectivity index (χ0) is 20.6. The predicted octanol–water partition coefficient (Wildman–Crippen LogP) is 3.57. The molecule has 0 spiro atoms. The van der Waals surface area contributed by atoms with Crippen LogP contribution in [0.1, 0.15) is 19.0 Å². The fourth-order valence-corrected chi connectivity index (χ4v) is 3.04. The third-order valence-corrected chi connectivity index (χ3v) is 4.39. The first-order valence-corrected chi connectivity index (χ1v) is 10.9. The number of hydrogen-bond acceptors (Lipinski definition) is 7. The van der Waals surface area contributed by atoms with Crippen molar-refractivity contribution in [1.29, 1.82) is 0 Å². The van der Waals surface area contributed by atoms with Crippen LogP contribution in [0.3, 0.4) is 0 Å². The lowest BCUT2D eigenvalue weighted by atomic mass is 10.1. The van der Waals surface area contributed by atoms with Gasteiger partial charge in [-0.05, 0) is 35.5 Å². The van der Waals surface area contributed by atoms with Crippen LogP contribution in [0.5, 0.6) is 0 Å². The molecule has 4 rings (SSSR count). The fourth-order valence-electron chi connectivity index (χ4n) is 3.04. The number of hydrogen-bond donors (Lipinski definition) is 1. The van der Waals surface area contributed by atoms with Crippen LogP contribution in [-0.2, 0) is 11.2 Å². The first kappa shape index (κ1) is 21.3. The van der Waals surface area contributed by atoms with Gasteiger partial charge in [-0.15, -0.1) is 0 Å². The zero-order valence-electron chi connectivity index (χ0n) is 16.1. The molecule has 0 saturated carbocycles. The molecular formula is C19H23FIN5O3. The highest BCUT2D eigenvalue weighted by molar-refractivity contribution is 14.1.